The van der Waals surface area contributed by atoms with E-state index in [2.05, 4.69) is 32.0 Å². The van der Waals surface area contributed by atoms with Crippen molar-refractivity contribution in [3.05, 3.63) is 59.7 Å². The van der Waals surface area contributed by atoms with E-state index in [1.165, 1.54) is 12.8 Å². The van der Waals surface area contributed by atoms with E-state index in [1.807, 2.05) is 37.3 Å². The summed E-state index contributed by atoms with van der Waals surface area (Å²) in [4.78, 5) is 12.7. The Hall–Kier alpha value is -2.09. The van der Waals surface area contributed by atoms with Crippen molar-refractivity contribution in [3.63, 3.8) is 0 Å². The van der Waals surface area contributed by atoms with Crippen molar-refractivity contribution in [1.29, 1.82) is 0 Å². The summed E-state index contributed by atoms with van der Waals surface area (Å²) in [7, 11) is 0. The maximum absolute atomic E-state index is 12.7. The van der Waals surface area contributed by atoms with Crippen LogP contribution < -0.4 is 0 Å². The summed E-state index contributed by atoms with van der Waals surface area (Å²) in [6.45, 7) is 6.28. The number of carbonyl (C=O) groups is 1. The van der Waals surface area contributed by atoms with E-state index in [4.69, 9.17) is 4.74 Å². The molecule has 1 unspecified atom stereocenters. The van der Waals surface area contributed by atoms with Crippen molar-refractivity contribution in [1.82, 2.24) is 0 Å². The maximum atomic E-state index is 12.7. The average Bonchev–Trinajstić information content (AvgIpc) is 2.62. The minimum atomic E-state index is -0.190. The number of hydrogen-bond acceptors (Lipinski definition) is 2. The first-order valence-electron chi connectivity index (χ1n) is 9.55. The van der Waals surface area contributed by atoms with Crippen molar-refractivity contribution in [2.75, 3.05) is 0 Å². The number of carbonyl (C=O) groups excluding carboxylic acids is 1. The highest BCUT2D eigenvalue weighted by Gasteiger charge is 2.18. The summed E-state index contributed by atoms with van der Waals surface area (Å²) in [5, 5.41) is 0. The minimum Gasteiger partial charge on any atom is -0.459 e. The molecule has 2 heteroatoms. The monoisotopic (exact) mass is 338 g/mol. The van der Waals surface area contributed by atoms with Crippen LogP contribution in [0.15, 0.2) is 48.5 Å². The lowest BCUT2D eigenvalue weighted by molar-refractivity contribution is 0.0322. The molecule has 2 rings (SSSR count). The lowest BCUT2D eigenvalue weighted by atomic mass is 9.91. The minimum absolute atomic E-state index is 0.0404. The van der Waals surface area contributed by atoms with Gasteiger partial charge in [0.1, 0.15) is 0 Å². The van der Waals surface area contributed by atoms with Gasteiger partial charge in [-0.25, -0.2) is 4.79 Å². The number of rotatable bonds is 9. The first-order valence-corrected chi connectivity index (χ1v) is 9.55. The third-order valence-corrected chi connectivity index (χ3v) is 4.51. The SMILES string of the molecule is CCCCCc1c(C(=O)OC(C)CCC)cccc1-c1ccccc1. The fraction of sp³-hybridized carbons (Fsp3) is 0.435. The molecule has 0 aromatic heterocycles. The Morgan fingerprint density at radius 1 is 0.960 bits per heavy atom. The summed E-state index contributed by atoms with van der Waals surface area (Å²) in [6, 6.07) is 16.3. The zero-order chi connectivity index (χ0) is 18.1. The second-order valence-electron chi connectivity index (χ2n) is 6.66. The van der Waals surface area contributed by atoms with Gasteiger partial charge in [0.25, 0.3) is 0 Å². The first kappa shape index (κ1) is 19.2. The van der Waals surface area contributed by atoms with Crippen LogP contribution in [-0.2, 0) is 11.2 Å². The molecule has 0 fully saturated rings. The summed E-state index contributed by atoms with van der Waals surface area (Å²) in [5.41, 5.74) is 4.15. The van der Waals surface area contributed by atoms with Gasteiger partial charge in [0.15, 0.2) is 0 Å². The van der Waals surface area contributed by atoms with Crippen LogP contribution in [0.1, 0.15) is 68.8 Å². The highest BCUT2D eigenvalue weighted by atomic mass is 16.5. The Balaban J connectivity index is 2.36. The third-order valence-electron chi connectivity index (χ3n) is 4.51. The fourth-order valence-electron chi connectivity index (χ4n) is 3.20. The Labute approximate surface area is 152 Å². The van der Waals surface area contributed by atoms with Gasteiger partial charge in [-0.2, -0.15) is 0 Å². The standard InChI is InChI=1S/C23H30O2/c1-4-6-8-15-21-20(19-13-9-7-10-14-19)16-11-17-22(21)23(24)25-18(3)12-5-2/h7,9-11,13-14,16-18H,4-6,8,12,15H2,1-3H3. The lowest BCUT2D eigenvalue weighted by Crippen LogP contribution is -2.16. The molecule has 0 spiro atoms. The number of esters is 1. The predicted octanol–water partition coefficient (Wildman–Crippen LogP) is 6.43. The predicted molar refractivity (Wildman–Crippen MR) is 105 cm³/mol. The van der Waals surface area contributed by atoms with Gasteiger partial charge in [0, 0.05) is 0 Å². The van der Waals surface area contributed by atoms with E-state index in [0.717, 1.165) is 47.9 Å². The Bertz CT molecular complexity index is 661. The molecule has 25 heavy (non-hydrogen) atoms. The zero-order valence-corrected chi connectivity index (χ0v) is 15.8. The van der Waals surface area contributed by atoms with E-state index >= 15 is 0 Å². The summed E-state index contributed by atoms with van der Waals surface area (Å²) < 4.78 is 5.68. The molecule has 134 valence electrons. The van der Waals surface area contributed by atoms with Crippen molar-refractivity contribution < 1.29 is 9.53 Å². The Morgan fingerprint density at radius 2 is 1.72 bits per heavy atom. The van der Waals surface area contributed by atoms with Gasteiger partial charge in [-0.1, -0.05) is 75.6 Å². The molecule has 1 atom stereocenters. The van der Waals surface area contributed by atoms with Gasteiger partial charge in [-0.05, 0) is 48.9 Å². The van der Waals surface area contributed by atoms with Crippen molar-refractivity contribution >= 4 is 5.97 Å². The summed E-state index contributed by atoms with van der Waals surface area (Å²) in [6.07, 6.45) is 6.21. The summed E-state index contributed by atoms with van der Waals surface area (Å²) >= 11 is 0. The normalized spacial score (nSPS) is 12.0. The largest absolute Gasteiger partial charge is 0.459 e. The Kier molecular flexibility index (Phi) is 7.72. The molecular formula is C23H30O2. The summed E-state index contributed by atoms with van der Waals surface area (Å²) in [5.74, 6) is -0.190. The van der Waals surface area contributed by atoms with Crippen molar-refractivity contribution in [2.45, 2.75) is 65.4 Å². The number of ether oxygens (including phenoxy) is 1. The molecule has 0 saturated heterocycles. The number of hydrogen-bond donors (Lipinski definition) is 0. The van der Waals surface area contributed by atoms with Crippen LogP contribution in [0.25, 0.3) is 11.1 Å². The second kappa shape index (κ2) is 10.0. The van der Waals surface area contributed by atoms with E-state index in [0.29, 0.717) is 0 Å². The molecule has 0 saturated carbocycles. The van der Waals surface area contributed by atoms with Crippen LogP contribution in [0.5, 0.6) is 0 Å². The maximum Gasteiger partial charge on any atom is 0.338 e. The van der Waals surface area contributed by atoms with Crippen molar-refractivity contribution in [2.24, 2.45) is 0 Å². The fourth-order valence-corrected chi connectivity index (χ4v) is 3.20. The van der Waals surface area contributed by atoms with Crippen LogP contribution >= 0.6 is 0 Å². The molecule has 0 aliphatic heterocycles. The topological polar surface area (TPSA) is 26.3 Å². The number of unbranched alkanes of at least 4 members (excludes halogenated alkanes) is 2. The third kappa shape index (κ3) is 5.45. The van der Waals surface area contributed by atoms with Crippen LogP contribution in [0, 0.1) is 0 Å². The van der Waals surface area contributed by atoms with Crippen LogP contribution in [-0.4, -0.2) is 12.1 Å². The zero-order valence-electron chi connectivity index (χ0n) is 15.8. The van der Waals surface area contributed by atoms with E-state index in [-0.39, 0.29) is 12.1 Å². The highest BCUT2D eigenvalue weighted by Crippen LogP contribution is 2.29. The van der Waals surface area contributed by atoms with E-state index in [1.54, 1.807) is 0 Å². The van der Waals surface area contributed by atoms with Crippen LogP contribution in [0.4, 0.5) is 0 Å². The molecule has 0 radical (unpaired) electrons. The molecule has 2 aromatic rings. The van der Waals surface area contributed by atoms with E-state index < -0.39 is 0 Å². The molecule has 0 aliphatic rings. The molecule has 2 nitrogen and oxygen atoms in total. The second-order valence-corrected chi connectivity index (χ2v) is 6.66. The molecule has 0 bridgehead atoms. The van der Waals surface area contributed by atoms with Crippen LogP contribution in [0.2, 0.25) is 0 Å². The molecule has 0 heterocycles. The smallest absolute Gasteiger partial charge is 0.338 e. The molecule has 0 amide bonds. The van der Waals surface area contributed by atoms with Crippen LogP contribution in [0.3, 0.4) is 0 Å². The van der Waals surface area contributed by atoms with E-state index in [9.17, 15) is 4.79 Å². The van der Waals surface area contributed by atoms with Crippen molar-refractivity contribution in [3.8, 4) is 11.1 Å². The average molecular weight is 338 g/mol. The molecule has 2 aromatic carbocycles. The van der Waals surface area contributed by atoms with Gasteiger partial charge in [-0.3, -0.25) is 0 Å². The van der Waals surface area contributed by atoms with Gasteiger partial charge < -0.3 is 4.74 Å². The molecular weight excluding hydrogens is 308 g/mol. The first-order chi connectivity index (χ1) is 12.2. The number of benzene rings is 2. The molecule has 0 N–H and O–H groups in total. The lowest BCUT2D eigenvalue weighted by Gasteiger charge is -2.17. The van der Waals surface area contributed by atoms with Gasteiger partial charge in [0.05, 0.1) is 11.7 Å². The van der Waals surface area contributed by atoms with Gasteiger partial charge in [0.2, 0.25) is 0 Å². The quantitative estimate of drug-likeness (QED) is 0.389. The van der Waals surface area contributed by atoms with Gasteiger partial charge in [-0.15, -0.1) is 0 Å². The highest BCUT2D eigenvalue weighted by molar-refractivity contribution is 5.93. The molecule has 0 aliphatic carbocycles. The Morgan fingerprint density at radius 3 is 2.40 bits per heavy atom. The van der Waals surface area contributed by atoms with Gasteiger partial charge >= 0.3 is 5.97 Å².